The van der Waals surface area contributed by atoms with Gasteiger partial charge in [-0.25, -0.2) is 0 Å². The van der Waals surface area contributed by atoms with E-state index >= 15 is 0 Å². The first-order chi connectivity index (χ1) is 44.1. The van der Waals surface area contributed by atoms with Crippen molar-refractivity contribution >= 4 is 76.8 Å². The first-order valence-corrected chi connectivity index (χ1v) is 32.7. The first-order valence-electron chi connectivity index (χ1n) is 32.7. The average molecular weight is 1360 g/mol. The normalized spacial score (nSPS) is 29.3. The topological polar surface area (TPSA) is 516 Å². The summed E-state index contributed by atoms with van der Waals surface area (Å²) < 4.78 is 0. The van der Waals surface area contributed by atoms with Crippen molar-refractivity contribution in [3.05, 3.63) is 0 Å². The number of nitrogens with one attached hydrogen (secondary N) is 10. The second-order valence-electron chi connectivity index (χ2n) is 26.6. The van der Waals surface area contributed by atoms with Crippen molar-refractivity contribution in [3.63, 3.8) is 0 Å². The predicted octanol–water partition coefficient (Wildman–Crippen LogP) is -5.60. The maximum absolute atomic E-state index is 14.7. The Morgan fingerprint density at radius 1 is 0.558 bits per heavy atom. The third-order valence-corrected chi connectivity index (χ3v) is 16.9. The quantitative estimate of drug-likeness (QED) is 0.0573. The Bertz CT molecular complexity index is 2650. The van der Waals surface area contributed by atoms with Crippen LogP contribution in [0.4, 0.5) is 0 Å². The molecule has 33 nitrogen and oxygen atoms in total. The molecule has 0 saturated carbocycles. The third kappa shape index (κ3) is 25.1. The number of nitrogens with two attached hydrogens (primary N) is 1. The molecule has 33 heteroatoms. The van der Waals surface area contributed by atoms with Crippen molar-refractivity contribution in [1.82, 2.24) is 63.0 Å². The van der Waals surface area contributed by atoms with Crippen molar-refractivity contribution in [3.8, 4) is 0 Å². The maximum atomic E-state index is 14.7. The van der Waals surface area contributed by atoms with Crippen LogP contribution < -0.4 is 58.9 Å². The minimum absolute atomic E-state index is 0.0955. The Morgan fingerprint density at radius 3 is 1.54 bits per heavy atom. The van der Waals surface area contributed by atoms with E-state index in [1.54, 1.807) is 34.6 Å². The lowest BCUT2D eigenvalue weighted by Crippen LogP contribution is -2.65. The molecule has 19 atom stereocenters. The molecule has 0 aromatic heterocycles. The number of primary amides is 1. The van der Waals surface area contributed by atoms with Gasteiger partial charge in [0, 0.05) is 38.9 Å². The Hall–Kier alpha value is -7.17. The summed E-state index contributed by atoms with van der Waals surface area (Å²) in [5, 5.41) is 102. The van der Waals surface area contributed by atoms with Crippen LogP contribution in [-0.4, -0.2) is 252 Å². The fraction of sp³-hybridized carbons (Fsp3) is 0.790. The highest BCUT2D eigenvalue weighted by Gasteiger charge is 2.47. The van der Waals surface area contributed by atoms with Crippen LogP contribution in [0.15, 0.2) is 0 Å². The monoisotopic (exact) mass is 1360 g/mol. The van der Waals surface area contributed by atoms with Gasteiger partial charge >= 0.3 is 0 Å². The van der Waals surface area contributed by atoms with E-state index in [2.05, 4.69) is 53.2 Å². The second-order valence-corrected chi connectivity index (χ2v) is 26.6. The van der Waals surface area contributed by atoms with Gasteiger partial charge in [-0.2, -0.15) is 0 Å². The van der Waals surface area contributed by atoms with Crippen molar-refractivity contribution in [1.29, 1.82) is 0 Å². The Kier molecular flexibility index (Phi) is 34.6. The van der Waals surface area contributed by atoms with Crippen LogP contribution in [0.1, 0.15) is 155 Å². The zero-order chi connectivity index (χ0) is 72.8. The van der Waals surface area contributed by atoms with Crippen LogP contribution in [0.25, 0.3) is 0 Å². The smallest absolute Gasteiger partial charge is 0.248 e. The fourth-order valence-corrected chi connectivity index (χ4v) is 10.9. The van der Waals surface area contributed by atoms with E-state index in [0.717, 1.165) is 23.8 Å². The van der Waals surface area contributed by atoms with Crippen LogP contribution in [0, 0.1) is 29.6 Å². The zero-order valence-corrected chi connectivity index (χ0v) is 57.5. The molecule has 0 aliphatic carbocycles. The molecule has 2 aliphatic heterocycles. The molecule has 2 heterocycles. The number of carbonyl (C=O) groups is 13. The van der Waals surface area contributed by atoms with Gasteiger partial charge in [-0.1, -0.05) is 95.4 Å². The van der Waals surface area contributed by atoms with Gasteiger partial charge in [-0.3, -0.25) is 62.3 Å². The molecule has 2 saturated heterocycles. The van der Waals surface area contributed by atoms with Gasteiger partial charge in [0.25, 0.3) is 0 Å². The van der Waals surface area contributed by atoms with Gasteiger partial charge in [0.15, 0.2) is 0 Å². The van der Waals surface area contributed by atoms with Crippen LogP contribution in [0.2, 0.25) is 0 Å². The molecule has 2 rings (SSSR count). The molecule has 542 valence electrons. The molecule has 19 N–H and O–H groups in total. The number of nitrogens with zero attached hydrogens (tertiary/aromatic N) is 2. The molecular weight excluding hydrogens is 1250 g/mol. The molecular formula is C62H109N13O20. The zero-order valence-electron chi connectivity index (χ0n) is 57.5. The summed E-state index contributed by atoms with van der Waals surface area (Å²) in [6, 6.07) is -20.1. The minimum atomic E-state index is -2.17. The van der Waals surface area contributed by atoms with Crippen molar-refractivity contribution in [2.24, 2.45) is 35.3 Å². The van der Waals surface area contributed by atoms with Gasteiger partial charge < -0.3 is 104 Å². The van der Waals surface area contributed by atoms with Gasteiger partial charge in [-0.15, -0.1) is 0 Å². The number of carbonyl (C=O) groups excluding carboxylic acids is 13. The molecule has 0 aromatic rings. The first kappa shape index (κ1) is 83.9. The highest BCUT2D eigenvalue weighted by Crippen LogP contribution is 2.23. The number of rotatable bonds is 19. The third-order valence-electron chi connectivity index (χ3n) is 16.9. The summed E-state index contributed by atoms with van der Waals surface area (Å²) in [7, 11) is 1.13. The number of likely N-dealkylation sites (N-methyl/N-ethyl adjacent to an activating group) is 1. The van der Waals surface area contributed by atoms with E-state index in [4.69, 9.17) is 5.73 Å². The summed E-state index contributed by atoms with van der Waals surface area (Å²) in [5.41, 5.74) is 5.49. The molecule has 2 aliphatic rings. The van der Waals surface area contributed by atoms with Crippen molar-refractivity contribution < 1.29 is 98.1 Å². The Morgan fingerprint density at radius 2 is 1.04 bits per heavy atom. The maximum Gasteiger partial charge on any atom is 0.248 e. The molecule has 95 heavy (non-hydrogen) atoms. The van der Waals surface area contributed by atoms with E-state index in [9.17, 15) is 98.1 Å². The van der Waals surface area contributed by atoms with Gasteiger partial charge in [0.05, 0.1) is 37.1 Å². The Balaban J connectivity index is 2.96. The molecule has 0 aromatic carbocycles. The number of aliphatic hydroxyl groups excluding tert-OH is 7. The van der Waals surface area contributed by atoms with E-state index in [-0.39, 0.29) is 25.2 Å². The van der Waals surface area contributed by atoms with E-state index < -0.39 is 248 Å². The van der Waals surface area contributed by atoms with Crippen molar-refractivity contribution in [2.45, 2.75) is 264 Å². The highest BCUT2D eigenvalue weighted by atomic mass is 16.3. The lowest BCUT2D eigenvalue weighted by molar-refractivity contribution is -0.147. The summed E-state index contributed by atoms with van der Waals surface area (Å²) >= 11 is 0. The molecule has 0 bridgehead atoms. The minimum Gasteiger partial charge on any atom is -0.394 e. The lowest BCUT2D eigenvalue weighted by Gasteiger charge is -2.36. The molecule has 0 spiro atoms. The number of amides is 13. The van der Waals surface area contributed by atoms with Crippen LogP contribution in [0.3, 0.4) is 0 Å². The number of aliphatic hydroxyl groups is 7. The number of hydrogen-bond donors (Lipinski definition) is 18. The SMILES string of the molecule is CCCC[C@@H]1CC(=O)N[C@@H](C(C)C)C(=O)N[C@H]([C@@H](O)C(C)C)C(=O)N[C@@H](C)C(=O)N[C@H]([C@@H](O)C(C)C)C(=O)N[C@H](CCC(N)=O)C(=O)N(C)[C@@H]([C@@H](C)CC)C(=O)N[C@H]([C@@H](O)CO)C(=O)N[C@@H]([C@@H](C)O)C(=O)N2C[C@H](O)C[C@H]2C(=O)N[C@H](CC(C)C)C(=O)N[C@@H]([C@@H](C)O)C(=O)N1. The van der Waals surface area contributed by atoms with Crippen LogP contribution >= 0.6 is 0 Å². The fourth-order valence-electron chi connectivity index (χ4n) is 10.9. The second kappa shape index (κ2) is 39.1. The van der Waals surface area contributed by atoms with Gasteiger partial charge in [0.2, 0.25) is 76.8 Å². The molecule has 0 radical (unpaired) electrons. The van der Waals surface area contributed by atoms with Crippen molar-refractivity contribution in [2.75, 3.05) is 20.2 Å². The average Bonchev–Trinajstić information content (AvgIpc) is 1.79. The lowest BCUT2D eigenvalue weighted by atomic mass is 9.94. The number of fused-ring (bicyclic) bond motifs is 1. The summed E-state index contributed by atoms with van der Waals surface area (Å²) in [4.78, 5) is 186. The van der Waals surface area contributed by atoms with Gasteiger partial charge in [0.1, 0.15) is 72.6 Å². The highest BCUT2D eigenvalue weighted by molar-refractivity contribution is 6.00. The molecule has 13 amide bonds. The van der Waals surface area contributed by atoms with Gasteiger partial charge in [-0.05, 0) is 69.6 Å². The van der Waals surface area contributed by atoms with E-state index in [1.807, 2.05) is 6.92 Å². The molecule has 0 unspecified atom stereocenters. The van der Waals surface area contributed by atoms with E-state index in [1.165, 1.54) is 48.5 Å². The molecule has 2 fully saturated rings. The van der Waals surface area contributed by atoms with Crippen LogP contribution in [0.5, 0.6) is 0 Å². The predicted molar refractivity (Wildman–Crippen MR) is 342 cm³/mol. The standard InChI is InChI=1S/C62H109N13O20/c1-16-18-19-35-23-42(82)68-43(28(5)6)55(88)73-47(50(83)29(7)8)58(91)64-32(12)52(85)72-48(51(84)30(9)10)59(92)66-37(20-21-41(63)81)61(94)74(15)49(31(11)17-2)60(93)71-46(40(80)26-76)57(90)70-45(34(14)78)62(95)75-25-36(79)24-39(75)54(87)67-38(22-27(3)4)53(86)69-44(33(13)77)56(89)65-35/h27-40,43-51,76-80,83-84H,16-26H2,1-15H3,(H2,63,81)(H,64,91)(H,65,89)(H,66,92)(H,67,87)(H,68,82)(H,69,86)(H,70,90)(H,71,93)(H,72,85)(H,73,88)/t31-,32-,33+,34+,35+,36+,37+,38+,39-,40-,43-,44-,45-,46+,47+,48+,49-,50-,51-/m0/s1. The largest absolute Gasteiger partial charge is 0.394 e. The number of hydrogen-bond acceptors (Lipinski definition) is 20. The summed E-state index contributed by atoms with van der Waals surface area (Å²) in [5.74, 6) is -17.3. The van der Waals surface area contributed by atoms with E-state index in [0.29, 0.717) is 12.8 Å². The summed E-state index contributed by atoms with van der Waals surface area (Å²) in [6.45, 7) is 19.2. The Labute approximate surface area is 555 Å². The van der Waals surface area contributed by atoms with Crippen LogP contribution in [-0.2, 0) is 62.3 Å². The number of unbranched alkanes of at least 4 members (excludes halogenated alkanes) is 1. The summed E-state index contributed by atoms with van der Waals surface area (Å²) in [6.07, 6.45) is -11.1.